The van der Waals surface area contributed by atoms with Crippen LogP contribution in [-0.2, 0) is 9.53 Å². The number of nitrogens with zero attached hydrogens (tertiary/aromatic N) is 1. The summed E-state index contributed by atoms with van der Waals surface area (Å²) in [6.45, 7) is 8.08. The van der Waals surface area contributed by atoms with Crippen molar-refractivity contribution in [1.82, 2.24) is 10.6 Å². The Balaban J connectivity index is 2.75. The lowest BCUT2D eigenvalue weighted by atomic mass is 9.90. The molecule has 0 aromatic heterocycles. The van der Waals surface area contributed by atoms with E-state index in [1.54, 1.807) is 0 Å². The Hall–Kier alpha value is -3.30. The second kappa shape index (κ2) is 10.6. The van der Waals surface area contributed by atoms with Gasteiger partial charge >= 0.3 is 17.7 Å². The maximum Gasteiger partial charge on any atom is 0.337 e. The number of hydrogen-bond acceptors (Lipinski definition) is 7. The second-order valence-corrected chi connectivity index (χ2v) is 7.32. The maximum atomic E-state index is 12.7. The summed E-state index contributed by atoms with van der Waals surface area (Å²) < 4.78 is 16.3. The summed E-state index contributed by atoms with van der Waals surface area (Å²) in [5, 5.41) is 17.1. The Morgan fingerprint density at radius 1 is 1.16 bits per heavy atom. The first-order valence-electron chi connectivity index (χ1n) is 10.2. The molecule has 2 amide bonds. The molecular formula is C21H29N3O7. The van der Waals surface area contributed by atoms with Crippen LogP contribution in [0.5, 0.6) is 11.5 Å². The number of carbonyl (C=O) groups excluding carboxylic acids is 2. The standard InChI is InChI=1S/C21H29N3O7/c1-6-8-30-15-11-16(31-9-7-2)14(24(27)28)10-13(15)19-17(20(25)29-5)18(12(3)4)22-21(26)23-19/h10-12,19H,6-9H2,1-5H3,(H2,22,23,26). The molecular weight excluding hydrogens is 406 g/mol. The first-order valence-corrected chi connectivity index (χ1v) is 10.2. The molecule has 1 unspecified atom stereocenters. The van der Waals surface area contributed by atoms with Gasteiger partial charge in [0.2, 0.25) is 5.75 Å². The van der Waals surface area contributed by atoms with E-state index in [1.165, 1.54) is 19.2 Å². The van der Waals surface area contributed by atoms with Crippen molar-refractivity contribution in [2.45, 2.75) is 46.6 Å². The molecule has 1 aliphatic heterocycles. The number of ether oxygens (including phenoxy) is 3. The van der Waals surface area contributed by atoms with E-state index < -0.39 is 23.0 Å². The lowest BCUT2D eigenvalue weighted by Crippen LogP contribution is -2.47. The summed E-state index contributed by atoms with van der Waals surface area (Å²) in [6, 6.07) is 1.20. The number of hydrogen-bond donors (Lipinski definition) is 2. The number of allylic oxidation sites excluding steroid dienone is 1. The summed E-state index contributed by atoms with van der Waals surface area (Å²) in [6.07, 6.45) is 1.36. The van der Waals surface area contributed by atoms with Crippen LogP contribution < -0.4 is 20.1 Å². The number of methoxy groups -OCH3 is 1. The van der Waals surface area contributed by atoms with Crippen LogP contribution in [0, 0.1) is 16.0 Å². The molecule has 0 radical (unpaired) electrons. The van der Waals surface area contributed by atoms with Crippen molar-refractivity contribution < 1.29 is 28.7 Å². The van der Waals surface area contributed by atoms with Gasteiger partial charge in [-0.25, -0.2) is 9.59 Å². The molecule has 1 atom stereocenters. The number of nitro groups is 1. The van der Waals surface area contributed by atoms with Crippen molar-refractivity contribution in [3.63, 3.8) is 0 Å². The average Bonchev–Trinajstić information content (AvgIpc) is 2.74. The number of carbonyl (C=O) groups is 2. The highest BCUT2D eigenvalue weighted by molar-refractivity contribution is 5.95. The molecule has 1 aromatic rings. The van der Waals surface area contributed by atoms with E-state index in [4.69, 9.17) is 14.2 Å². The average molecular weight is 435 g/mol. The van der Waals surface area contributed by atoms with Crippen molar-refractivity contribution in [3.05, 3.63) is 39.1 Å². The zero-order valence-corrected chi connectivity index (χ0v) is 18.4. The molecule has 2 rings (SSSR count). The molecule has 1 heterocycles. The van der Waals surface area contributed by atoms with Gasteiger partial charge in [0.05, 0.1) is 36.9 Å². The van der Waals surface area contributed by atoms with E-state index in [0.717, 1.165) is 0 Å². The van der Waals surface area contributed by atoms with E-state index in [9.17, 15) is 19.7 Å². The molecule has 170 valence electrons. The minimum atomic E-state index is -0.996. The number of nitro benzene ring substituents is 1. The Kier molecular flexibility index (Phi) is 8.23. The smallest absolute Gasteiger partial charge is 0.337 e. The number of amides is 2. The van der Waals surface area contributed by atoms with Gasteiger partial charge in [0.1, 0.15) is 5.75 Å². The van der Waals surface area contributed by atoms with Gasteiger partial charge in [-0.3, -0.25) is 10.1 Å². The van der Waals surface area contributed by atoms with Crippen LogP contribution in [0.2, 0.25) is 0 Å². The molecule has 0 saturated carbocycles. The summed E-state index contributed by atoms with van der Waals surface area (Å²) in [5.74, 6) is -0.508. The summed E-state index contributed by atoms with van der Waals surface area (Å²) in [7, 11) is 1.24. The molecule has 10 heteroatoms. The van der Waals surface area contributed by atoms with Crippen LogP contribution in [0.4, 0.5) is 10.5 Å². The third-order valence-corrected chi connectivity index (χ3v) is 4.61. The number of nitrogens with one attached hydrogen (secondary N) is 2. The highest BCUT2D eigenvalue weighted by atomic mass is 16.6. The van der Waals surface area contributed by atoms with E-state index >= 15 is 0 Å². The number of benzene rings is 1. The van der Waals surface area contributed by atoms with E-state index in [1.807, 2.05) is 27.7 Å². The van der Waals surface area contributed by atoms with Crippen LogP contribution in [0.1, 0.15) is 52.1 Å². The first-order chi connectivity index (χ1) is 14.7. The third-order valence-electron chi connectivity index (χ3n) is 4.61. The fraction of sp³-hybridized carbons (Fsp3) is 0.524. The summed E-state index contributed by atoms with van der Waals surface area (Å²) in [4.78, 5) is 36.2. The lowest BCUT2D eigenvalue weighted by molar-refractivity contribution is -0.386. The van der Waals surface area contributed by atoms with Gasteiger partial charge in [0, 0.05) is 23.4 Å². The van der Waals surface area contributed by atoms with Crippen molar-refractivity contribution in [2.75, 3.05) is 20.3 Å². The Morgan fingerprint density at radius 3 is 2.29 bits per heavy atom. The molecule has 0 fully saturated rings. The summed E-state index contributed by atoms with van der Waals surface area (Å²) in [5.41, 5.74) is 0.541. The van der Waals surface area contributed by atoms with Crippen LogP contribution in [0.3, 0.4) is 0 Å². The fourth-order valence-corrected chi connectivity index (χ4v) is 3.21. The van der Waals surface area contributed by atoms with Crippen molar-refractivity contribution in [3.8, 4) is 11.5 Å². The van der Waals surface area contributed by atoms with Gasteiger partial charge in [0.25, 0.3) is 0 Å². The van der Waals surface area contributed by atoms with E-state index in [2.05, 4.69) is 10.6 Å². The predicted octanol–water partition coefficient (Wildman–Crippen LogP) is 3.61. The third kappa shape index (κ3) is 5.44. The van der Waals surface area contributed by atoms with Crippen molar-refractivity contribution in [1.29, 1.82) is 0 Å². The molecule has 2 N–H and O–H groups in total. The normalized spacial score (nSPS) is 15.9. The molecule has 10 nitrogen and oxygen atoms in total. The Morgan fingerprint density at radius 2 is 1.77 bits per heavy atom. The fourth-order valence-electron chi connectivity index (χ4n) is 3.21. The van der Waals surface area contributed by atoms with Crippen LogP contribution >= 0.6 is 0 Å². The van der Waals surface area contributed by atoms with Gasteiger partial charge in [-0.1, -0.05) is 27.7 Å². The number of rotatable bonds is 10. The molecule has 0 aliphatic carbocycles. The van der Waals surface area contributed by atoms with Gasteiger partial charge in [0.15, 0.2) is 0 Å². The van der Waals surface area contributed by atoms with Crippen LogP contribution in [0.25, 0.3) is 0 Å². The summed E-state index contributed by atoms with van der Waals surface area (Å²) >= 11 is 0. The Bertz CT molecular complexity index is 880. The minimum absolute atomic E-state index is 0.0645. The molecule has 31 heavy (non-hydrogen) atoms. The molecule has 1 aromatic carbocycles. The van der Waals surface area contributed by atoms with Crippen molar-refractivity contribution in [2.24, 2.45) is 5.92 Å². The SMILES string of the molecule is CCCOc1cc(OCCC)c([N+](=O)[O-])cc1C1NC(=O)NC(C(C)C)=C1C(=O)OC. The van der Waals surface area contributed by atoms with Gasteiger partial charge < -0.3 is 24.8 Å². The van der Waals surface area contributed by atoms with Gasteiger partial charge in [-0.15, -0.1) is 0 Å². The topological polar surface area (TPSA) is 129 Å². The minimum Gasteiger partial charge on any atom is -0.493 e. The van der Waals surface area contributed by atoms with E-state index in [-0.39, 0.29) is 34.2 Å². The molecule has 1 aliphatic rings. The monoisotopic (exact) mass is 435 g/mol. The van der Waals surface area contributed by atoms with Crippen molar-refractivity contribution >= 4 is 17.7 Å². The Labute approximate surface area is 181 Å². The van der Waals surface area contributed by atoms with Crippen LogP contribution in [-0.4, -0.2) is 37.2 Å². The number of esters is 1. The molecule has 0 bridgehead atoms. The predicted molar refractivity (Wildman–Crippen MR) is 113 cm³/mol. The van der Waals surface area contributed by atoms with Gasteiger partial charge in [-0.2, -0.15) is 0 Å². The zero-order chi connectivity index (χ0) is 23.1. The highest BCUT2D eigenvalue weighted by Gasteiger charge is 2.37. The highest BCUT2D eigenvalue weighted by Crippen LogP contribution is 2.41. The van der Waals surface area contributed by atoms with E-state index in [0.29, 0.717) is 31.8 Å². The molecule has 0 spiro atoms. The second-order valence-electron chi connectivity index (χ2n) is 7.32. The molecule has 0 saturated heterocycles. The van der Waals surface area contributed by atoms with Gasteiger partial charge in [-0.05, 0) is 18.8 Å². The first kappa shape index (κ1) is 24.0. The number of urea groups is 1. The largest absolute Gasteiger partial charge is 0.493 e. The zero-order valence-electron chi connectivity index (χ0n) is 18.4. The lowest BCUT2D eigenvalue weighted by Gasteiger charge is -2.31. The quantitative estimate of drug-likeness (QED) is 0.326. The maximum absolute atomic E-state index is 12.7. The van der Waals surface area contributed by atoms with Crippen LogP contribution in [0.15, 0.2) is 23.4 Å².